The smallest absolute Gasteiger partial charge is 0.0562 e. The van der Waals surface area contributed by atoms with Crippen molar-refractivity contribution in [3.8, 4) is 0 Å². The van der Waals surface area contributed by atoms with Crippen molar-refractivity contribution >= 4 is 6.08 Å². The van der Waals surface area contributed by atoms with Crippen molar-refractivity contribution in [2.45, 2.75) is 33.2 Å². The molecule has 0 aliphatic rings. The van der Waals surface area contributed by atoms with Gasteiger partial charge in [0.05, 0.1) is 6.20 Å². The number of hydrogen-bond donors (Lipinski definition) is 1. The van der Waals surface area contributed by atoms with E-state index in [-0.39, 0.29) is 0 Å². The molecule has 1 aromatic rings. The number of nitrogens with one attached hydrogen (secondary N) is 1. The van der Waals surface area contributed by atoms with Gasteiger partial charge in [0, 0.05) is 24.8 Å². The van der Waals surface area contributed by atoms with Crippen LogP contribution in [-0.4, -0.2) is 23.4 Å². The van der Waals surface area contributed by atoms with Gasteiger partial charge in [0.2, 0.25) is 0 Å². The lowest BCUT2D eigenvalue weighted by Crippen LogP contribution is -2.09. The molecule has 1 aromatic heterocycles. The zero-order chi connectivity index (χ0) is 11.1. The monoisotopic (exact) mass is 207 g/mol. The third-order valence-electron chi connectivity index (χ3n) is 2.33. The fourth-order valence-electron chi connectivity index (χ4n) is 1.55. The molecule has 0 bridgehead atoms. The Bertz CT molecular complexity index is 312. The highest BCUT2D eigenvalue weighted by molar-refractivity contribution is 5.51. The van der Waals surface area contributed by atoms with Crippen molar-refractivity contribution in [3.63, 3.8) is 0 Å². The molecule has 0 aliphatic carbocycles. The Morgan fingerprint density at radius 1 is 1.53 bits per heavy atom. The maximum absolute atomic E-state index is 4.31. The topological polar surface area (TPSA) is 29.9 Å². The minimum absolute atomic E-state index is 0.954. The standard InChI is InChI=1S/C12H21N3/c1-4-6-15-10-12(9-14-15)7-11(5-2)8-13-3/h7,9-10,13H,4-6,8H2,1-3H3/b11-7-. The van der Waals surface area contributed by atoms with Crippen molar-refractivity contribution in [2.24, 2.45) is 0 Å². The van der Waals surface area contributed by atoms with Gasteiger partial charge in [-0.05, 0) is 19.9 Å². The SMILES string of the molecule is CCCn1cc(/C=C(/CC)CNC)cn1. The summed E-state index contributed by atoms with van der Waals surface area (Å²) in [5, 5.41) is 7.48. The largest absolute Gasteiger partial charge is 0.316 e. The minimum Gasteiger partial charge on any atom is -0.316 e. The molecule has 1 N–H and O–H groups in total. The van der Waals surface area contributed by atoms with E-state index >= 15 is 0 Å². The second-order valence-corrected chi connectivity index (χ2v) is 3.72. The van der Waals surface area contributed by atoms with E-state index in [1.165, 1.54) is 11.1 Å². The molecule has 3 heteroatoms. The van der Waals surface area contributed by atoms with Crippen LogP contribution in [0.2, 0.25) is 0 Å². The number of likely N-dealkylation sites (N-methyl/N-ethyl adjacent to an activating group) is 1. The van der Waals surface area contributed by atoms with Crippen LogP contribution in [-0.2, 0) is 6.54 Å². The zero-order valence-electron chi connectivity index (χ0n) is 9.95. The molecule has 1 rings (SSSR count). The molecular weight excluding hydrogens is 186 g/mol. The Morgan fingerprint density at radius 2 is 2.33 bits per heavy atom. The molecule has 0 spiro atoms. The minimum atomic E-state index is 0.954. The molecule has 0 aromatic carbocycles. The first kappa shape index (κ1) is 12.0. The summed E-state index contributed by atoms with van der Waals surface area (Å²) in [5.41, 5.74) is 2.61. The lowest BCUT2D eigenvalue weighted by atomic mass is 10.1. The fraction of sp³-hybridized carbons (Fsp3) is 0.583. The van der Waals surface area contributed by atoms with Crippen molar-refractivity contribution in [2.75, 3.05) is 13.6 Å². The van der Waals surface area contributed by atoms with Crippen LogP contribution in [0.25, 0.3) is 6.08 Å². The first-order valence-corrected chi connectivity index (χ1v) is 5.66. The van der Waals surface area contributed by atoms with E-state index in [0.717, 1.165) is 25.9 Å². The molecule has 0 saturated carbocycles. The number of rotatable bonds is 6. The van der Waals surface area contributed by atoms with Crippen LogP contribution >= 0.6 is 0 Å². The number of aryl methyl sites for hydroxylation is 1. The molecule has 3 nitrogen and oxygen atoms in total. The molecule has 84 valence electrons. The summed E-state index contributed by atoms with van der Waals surface area (Å²) in [7, 11) is 1.98. The molecule has 0 atom stereocenters. The lowest BCUT2D eigenvalue weighted by Gasteiger charge is -2.01. The van der Waals surface area contributed by atoms with Crippen LogP contribution < -0.4 is 5.32 Å². The highest BCUT2D eigenvalue weighted by Gasteiger charge is 1.97. The van der Waals surface area contributed by atoms with E-state index in [2.05, 4.69) is 36.5 Å². The summed E-state index contributed by atoms with van der Waals surface area (Å²) >= 11 is 0. The molecule has 0 saturated heterocycles. The van der Waals surface area contributed by atoms with Gasteiger partial charge in [0.15, 0.2) is 0 Å². The summed E-state index contributed by atoms with van der Waals surface area (Å²) < 4.78 is 2.00. The van der Waals surface area contributed by atoms with Crippen LogP contribution in [0.4, 0.5) is 0 Å². The molecule has 0 aliphatic heterocycles. The molecule has 0 unspecified atom stereocenters. The van der Waals surface area contributed by atoms with Gasteiger partial charge in [-0.25, -0.2) is 0 Å². The Hall–Kier alpha value is -1.09. The summed E-state index contributed by atoms with van der Waals surface area (Å²) in [5.74, 6) is 0. The van der Waals surface area contributed by atoms with E-state index in [0.29, 0.717) is 0 Å². The fourth-order valence-corrected chi connectivity index (χ4v) is 1.55. The van der Waals surface area contributed by atoms with Crippen LogP contribution in [0.1, 0.15) is 32.3 Å². The van der Waals surface area contributed by atoms with Gasteiger partial charge in [0.25, 0.3) is 0 Å². The first-order valence-electron chi connectivity index (χ1n) is 5.66. The van der Waals surface area contributed by atoms with Gasteiger partial charge in [-0.3, -0.25) is 4.68 Å². The highest BCUT2D eigenvalue weighted by Crippen LogP contribution is 2.08. The predicted octanol–water partition coefficient (Wildman–Crippen LogP) is 2.31. The molecule has 0 fully saturated rings. The van der Waals surface area contributed by atoms with E-state index < -0.39 is 0 Å². The van der Waals surface area contributed by atoms with E-state index in [1.807, 2.05) is 17.9 Å². The van der Waals surface area contributed by atoms with E-state index in [9.17, 15) is 0 Å². The van der Waals surface area contributed by atoms with Crippen LogP contribution in [0, 0.1) is 0 Å². The molecule has 15 heavy (non-hydrogen) atoms. The highest BCUT2D eigenvalue weighted by atomic mass is 15.3. The third kappa shape index (κ3) is 3.88. The molecule has 0 amide bonds. The second kappa shape index (κ2) is 6.40. The molecular formula is C12H21N3. The van der Waals surface area contributed by atoms with E-state index in [1.54, 1.807) is 0 Å². The summed E-state index contributed by atoms with van der Waals surface area (Å²) in [6.07, 6.45) is 8.47. The van der Waals surface area contributed by atoms with Crippen molar-refractivity contribution in [1.29, 1.82) is 0 Å². The normalized spacial score (nSPS) is 12.1. The van der Waals surface area contributed by atoms with Crippen molar-refractivity contribution in [1.82, 2.24) is 15.1 Å². The van der Waals surface area contributed by atoms with Crippen molar-refractivity contribution < 1.29 is 0 Å². The quantitative estimate of drug-likeness (QED) is 0.775. The average Bonchev–Trinajstić information content (AvgIpc) is 2.66. The molecule has 1 heterocycles. The third-order valence-corrected chi connectivity index (χ3v) is 2.33. The Morgan fingerprint density at radius 3 is 2.93 bits per heavy atom. The Kier molecular flexibility index (Phi) is 5.12. The van der Waals surface area contributed by atoms with Crippen LogP contribution in [0.5, 0.6) is 0 Å². The second-order valence-electron chi connectivity index (χ2n) is 3.72. The van der Waals surface area contributed by atoms with Crippen molar-refractivity contribution in [3.05, 3.63) is 23.5 Å². The first-order chi connectivity index (χ1) is 7.30. The van der Waals surface area contributed by atoms with Gasteiger partial charge >= 0.3 is 0 Å². The number of nitrogens with zero attached hydrogens (tertiary/aromatic N) is 2. The maximum atomic E-state index is 4.31. The Labute approximate surface area is 92.2 Å². The number of aromatic nitrogens is 2. The van der Waals surface area contributed by atoms with Gasteiger partial charge in [-0.1, -0.05) is 25.5 Å². The van der Waals surface area contributed by atoms with Gasteiger partial charge in [-0.2, -0.15) is 5.10 Å². The lowest BCUT2D eigenvalue weighted by molar-refractivity contribution is 0.602. The summed E-state index contributed by atoms with van der Waals surface area (Å²) in [6, 6.07) is 0. The predicted molar refractivity (Wildman–Crippen MR) is 64.7 cm³/mol. The average molecular weight is 207 g/mol. The number of hydrogen-bond acceptors (Lipinski definition) is 2. The summed E-state index contributed by atoms with van der Waals surface area (Å²) in [6.45, 7) is 6.30. The van der Waals surface area contributed by atoms with Gasteiger partial charge in [-0.15, -0.1) is 0 Å². The van der Waals surface area contributed by atoms with Crippen LogP contribution in [0.15, 0.2) is 18.0 Å². The van der Waals surface area contributed by atoms with Gasteiger partial charge < -0.3 is 5.32 Å². The molecule has 0 radical (unpaired) electrons. The van der Waals surface area contributed by atoms with Crippen LogP contribution in [0.3, 0.4) is 0 Å². The van der Waals surface area contributed by atoms with Gasteiger partial charge in [0.1, 0.15) is 0 Å². The maximum Gasteiger partial charge on any atom is 0.0562 e. The van der Waals surface area contributed by atoms with E-state index in [4.69, 9.17) is 0 Å². The zero-order valence-corrected chi connectivity index (χ0v) is 9.95. The Balaban J connectivity index is 2.68. The summed E-state index contributed by atoms with van der Waals surface area (Å²) in [4.78, 5) is 0.